The average Bonchev–Trinajstić information content (AvgIpc) is 3.15. The van der Waals surface area contributed by atoms with Crippen molar-refractivity contribution in [2.75, 3.05) is 19.6 Å². The Morgan fingerprint density at radius 1 is 1.29 bits per heavy atom. The lowest BCUT2D eigenvalue weighted by Crippen LogP contribution is -2.41. The Labute approximate surface area is 124 Å². The topological polar surface area (TPSA) is 49.1 Å². The highest BCUT2D eigenvalue weighted by molar-refractivity contribution is 5.98. The largest absolute Gasteiger partial charge is 0.461 e. The highest BCUT2D eigenvalue weighted by Gasteiger charge is 2.46. The number of hydrogen-bond donors (Lipinski definition) is 0. The zero-order valence-corrected chi connectivity index (χ0v) is 12.2. The standard InChI is InChI=1S/C16H21N3O2/c20-14(15-7-3-10-21-15)11-19-13-6-2-1-5-12(13)18-9-4-8-17-16(18)19/h3,7,10,12-13H,1-2,4-6,8-9,11H2. The van der Waals surface area contributed by atoms with Crippen LogP contribution < -0.4 is 0 Å². The van der Waals surface area contributed by atoms with Gasteiger partial charge in [-0.05, 0) is 31.4 Å². The molecule has 112 valence electrons. The maximum atomic E-state index is 12.4. The van der Waals surface area contributed by atoms with Crippen LogP contribution in [0.2, 0.25) is 0 Å². The summed E-state index contributed by atoms with van der Waals surface area (Å²) in [5.41, 5.74) is 0. The number of carbonyl (C=O) groups excluding carboxylic acids is 1. The van der Waals surface area contributed by atoms with Gasteiger partial charge >= 0.3 is 0 Å². The number of carbonyl (C=O) groups is 1. The van der Waals surface area contributed by atoms with Gasteiger partial charge in [0.25, 0.3) is 0 Å². The predicted octanol–water partition coefficient (Wildman–Crippen LogP) is 2.15. The first-order valence-electron chi connectivity index (χ1n) is 7.99. The van der Waals surface area contributed by atoms with Gasteiger partial charge in [-0.25, -0.2) is 0 Å². The molecule has 0 spiro atoms. The van der Waals surface area contributed by atoms with E-state index < -0.39 is 0 Å². The molecule has 1 saturated heterocycles. The molecule has 1 saturated carbocycles. The van der Waals surface area contributed by atoms with Crippen molar-refractivity contribution in [2.45, 2.75) is 44.2 Å². The number of fused-ring (bicyclic) bond motifs is 3. The molecule has 4 rings (SSSR count). The van der Waals surface area contributed by atoms with Crippen LogP contribution in [0.4, 0.5) is 0 Å². The smallest absolute Gasteiger partial charge is 0.217 e. The summed E-state index contributed by atoms with van der Waals surface area (Å²) in [6.45, 7) is 2.37. The first-order chi connectivity index (χ1) is 10.3. The van der Waals surface area contributed by atoms with E-state index in [0.717, 1.165) is 25.5 Å². The Kier molecular flexibility index (Phi) is 3.20. The highest BCUT2D eigenvalue weighted by Crippen LogP contribution is 2.35. The van der Waals surface area contributed by atoms with E-state index >= 15 is 0 Å². The third-order valence-electron chi connectivity index (χ3n) is 4.93. The van der Waals surface area contributed by atoms with Gasteiger partial charge in [-0.15, -0.1) is 0 Å². The number of aliphatic imine (C=N–C) groups is 1. The molecule has 2 fully saturated rings. The quantitative estimate of drug-likeness (QED) is 0.799. The number of nitrogens with zero attached hydrogens (tertiary/aromatic N) is 3. The minimum absolute atomic E-state index is 0.0550. The van der Waals surface area contributed by atoms with Crippen LogP contribution in [0.5, 0.6) is 0 Å². The van der Waals surface area contributed by atoms with Crippen molar-refractivity contribution in [3.05, 3.63) is 24.2 Å². The van der Waals surface area contributed by atoms with Gasteiger partial charge in [0, 0.05) is 13.1 Å². The molecular formula is C16H21N3O2. The van der Waals surface area contributed by atoms with Gasteiger partial charge in [-0.2, -0.15) is 0 Å². The number of Topliss-reactive ketones (excluding diaryl/α,β-unsaturated/α-hetero) is 1. The summed E-state index contributed by atoms with van der Waals surface area (Å²) >= 11 is 0. The molecule has 3 heterocycles. The van der Waals surface area contributed by atoms with Crippen LogP contribution in [-0.2, 0) is 0 Å². The molecule has 0 aromatic carbocycles. The SMILES string of the molecule is O=C(CN1C2=NCCCN2C2CCCCC21)c1ccco1. The first kappa shape index (κ1) is 12.9. The summed E-state index contributed by atoms with van der Waals surface area (Å²) in [4.78, 5) is 21.8. The lowest BCUT2D eigenvalue weighted by molar-refractivity contribution is 0.0913. The van der Waals surface area contributed by atoms with Crippen molar-refractivity contribution in [1.29, 1.82) is 0 Å². The number of rotatable bonds is 3. The second-order valence-electron chi connectivity index (χ2n) is 6.18. The predicted molar refractivity (Wildman–Crippen MR) is 79.4 cm³/mol. The first-order valence-corrected chi connectivity index (χ1v) is 7.99. The average molecular weight is 287 g/mol. The van der Waals surface area contributed by atoms with Gasteiger partial charge < -0.3 is 14.2 Å². The number of hydrogen-bond acceptors (Lipinski definition) is 5. The lowest BCUT2D eigenvalue weighted by atomic mass is 9.90. The number of ketones is 1. The zero-order valence-electron chi connectivity index (χ0n) is 12.2. The van der Waals surface area contributed by atoms with Crippen molar-refractivity contribution in [3.8, 4) is 0 Å². The third-order valence-corrected chi connectivity index (χ3v) is 4.93. The van der Waals surface area contributed by atoms with E-state index in [1.807, 2.05) is 0 Å². The Bertz CT molecular complexity index is 552. The molecule has 1 aliphatic carbocycles. The fourth-order valence-electron chi connectivity index (χ4n) is 4.01. The molecule has 21 heavy (non-hydrogen) atoms. The zero-order chi connectivity index (χ0) is 14.2. The van der Waals surface area contributed by atoms with Gasteiger partial charge in [0.05, 0.1) is 24.9 Å². The monoisotopic (exact) mass is 287 g/mol. The van der Waals surface area contributed by atoms with Crippen LogP contribution in [0.3, 0.4) is 0 Å². The summed E-state index contributed by atoms with van der Waals surface area (Å²) in [5, 5.41) is 0. The summed E-state index contributed by atoms with van der Waals surface area (Å²) < 4.78 is 5.25. The van der Waals surface area contributed by atoms with Gasteiger partial charge in [0.1, 0.15) is 0 Å². The molecule has 5 heteroatoms. The van der Waals surface area contributed by atoms with Crippen LogP contribution in [0.1, 0.15) is 42.7 Å². The molecule has 0 bridgehead atoms. The van der Waals surface area contributed by atoms with Crippen LogP contribution in [0, 0.1) is 0 Å². The highest BCUT2D eigenvalue weighted by atomic mass is 16.3. The second-order valence-corrected chi connectivity index (χ2v) is 6.18. The Balaban J connectivity index is 1.60. The summed E-state index contributed by atoms with van der Waals surface area (Å²) in [5.74, 6) is 1.56. The van der Waals surface area contributed by atoms with Gasteiger partial charge in [-0.3, -0.25) is 9.79 Å². The fraction of sp³-hybridized carbons (Fsp3) is 0.625. The van der Waals surface area contributed by atoms with Crippen LogP contribution in [-0.4, -0.2) is 53.3 Å². The third kappa shape index (κ3) is 2.15. The molecule has 2 unspecified atom stereocenters. The van der Waals surface area contributed by atoms with Crippen molar-refractivity contribution in [3.63, 3.8) is 0 Å². The van der Waals surface area contributed by atoms with Gasteiger partial charge in [0.2, 0.25) is 5.78 Å². The second kappa shape index (κ2) is 5.20. The van der Waals surface area contributed by atoms with Crippen molar-refractivity contribution >= 4 is 11.7 Å². The maximum Gasteiger partial charge on any atom is 0.217 e. The van der Waals surface area contributed by atoms with Gasteiger partial charge in [-0.1, -0.05) is 12.8 Å². The van der Waals surface area contributed by atoms with Crippen LogP contribution >= 0.6 is 0 Å². The summed E-state index contributed by atoms with van der Waals surface area (Å²) in [6, 6.07) is 4.53. The van der Waals surface area contributed by atoms with E-state index in [0.29, 0.717) is 24.4 Å². The van der Waals surface area contributed by atoms with Crippen LogP contribution in [0.15, 0.2) is 27.8 Å². The molecule has 1 aromatic heterocycles. The normalized spacial score (nSPS) is 28.1. The number of guanidine groups is 1. The van der Waals surface area contributed by atoms with Gasteiger partial charge in [0.15, 0.2) is 11.7 Å². The fourth-order valence-corrected chi connectivity index (χ4v) is 4.01. The Morgan fingerprint density at radius 3 is 2.95 bits per heavy atom. The van der Waals surface area contributed by atoms with Crippen LogP contribution in [0.25, 0.3) is 0 Å². The number of furan rings is 1. The molecule has 2 aliphatic heterocycles. The Morgan fingerprint density at radius 2 is 2.14 bits per heavy atom. The van der Waals surface area contributed by atoms with E-state index in [1.54, 1.807) is 18.4 Å². The molecular weight excluding hydrogens is 266 g/mol. The Hall–Kier alpha value is -1.78. The lowest BCUT2D eigenvalue weighted by Gasteiger charge is -2.32. The minimum Gasteiger partial charge on any atom is -0.461 e. The van der Waals surface area contributed by atoms with E-state index in [9.17, 15) is 4.79 Å². The van der Waals surface area contributed by atoms with E-state index in [4.69, 9.17) is 9.41 Å². The van der Waals surface area contributed by atoms with E-state index in [2.05, 4.69) is 9.80 Å². The van der Waals surface area contributed by atoms with E-state index in [-0.39, 0.29) is 5.78 Å². The minimum atomic E-state index is 0.0550. The molecule has 1 aromatic rings. The molecule has 0 radical (unpaired) electrons. The van der Waals surface area contributed by atoms with Crippen molar-refractivity contribution in [1.82, 2.24) is 9.80 Å². The molecule has 2 atom stereocenters. The van der Waals surface area contributed by atoms with Crippen molar-refractivity contribution in [2.24, 2.45) is 4.99 Å². The molecule has 0 amide bonds. The maximum absolute atomic E-state index is 12.4. The molecule has 5 nitrogen and oxygen atoms in total. The summed E-state index contributed by atoms with van der Waals surface area (Å²) in [7, 11) is 0. The summed E-state index contributed by atoms with van der Waals surface area (Å²) in [6.07, 6.45) is 7.65. The molecule has 3 aliphatic rings. The van der Waals surface area contributed by atoms with Crippen molar-refractivity contribution < 1.29 is 9.21 Å². The van der Waals surface area contributed by atoms with E-state index in [1.165, 1.54) is 25.7 Å². The molecule has 0 N–H and O–H groups in total.